The lowest BCUT2D eigenvalue weighted by molar-refractivity contribution is -0.105. The highest BCUT2D eigenvalue weighted by Crippen LogP contribution is 2.34. The van der Waals surface area contributed by atoms with Gasteiger partial charge >= 0.3 is 0 Å². The maximum atomic E-state index is 12.4. The summed E-state index contributed by atoms with van der Waals surface area (Å²) in [7, 11) is -3.60. The maximum absolute atomic E-state index is 12.4. The van der Waals surface area contributed by atoms with E-state index < -0.39 is 40.8 Å². The van der Waals surface area contributed by atoms with E-state index in [1.807, 2.05) is 0 Å². The highest BCUT2D eigenvalue weighted by atomic mass is 32.2. The summed E-state index contributed by atoms with van der Waals surface area (Å²) < 4.78 is 36.7. The minimum absolute atomic E-state index is 0.0398. The van der Waals surface area contributed by atoms with E-state index in [0.717, 1.165) is 12.5 Å². The molecule has 0 unspecified atom stereocenters. The Hall–Kier alpha value is -3.49. The van der Waals surface area contributed by atoms with Gasteiger partial charge in [-0.2, -0.15) is 0 Å². The maximum Gasteiger partial charge on any atom is 0.229 e. The van der Waals surface area contributed by atoms with Crippen LogP contribution in [-0.4, -0.2) is 61.8 Å². The van der Waals surface area contributed by atoms with Crippen LogP contribution in [0.1, 0.15) is 0 Å². The number of hydrogen-bond donors (Lipinski definition) is 6. The molecule has 2 aromatic carbocycles. The molecular formula is C21H25N3O9S. The molecule has 7 N–H and O–H groups in total. The third kappa shape index (κ3) is 7.26. The number of hydrogen-bond acceptors (Lipinski definition) is 10. The van der Waals surface area contributed by atoms with E-state index in [-0.39, 0.29) is 28.1 Å². The summed E-state index contributed by atoms with van der Waals surface area (Å²) >= 11 is 0. The molecule has 0 aliphatic rings. The van der Waals surface area contributed by atoms with Crippen molar-refractivity contribution >= 4 is 38.8 Å². The van der Waals surface area contributed by atoms with Crippen molar-refractivity contribution in [2.45, 2.75) is 5.54 Å². The Morgan fingerprint density at radius 2 is 1.71 bits per heavy atom. The van der Waals surface area contributed by atoms with Crippen molar-refractivity contribution in [3.05, 3.63) is 59.0 Å². The molecule has 1 amide bonds. The van der Waals surface area contributed by atoms with Crippen LogP contribution in [0.2, 0.25) is 0 Å². The first kappa shape index (κ1) is 26.8. The number of rotatable bonds is 9. The highest BCUT2D eigenvalue weighted by molar-refractivity contribution is 7.92. The molecule has 3 aromatic rings. The van der Waals surface area contributed by atoms with Crippen molar-refractivity contribution in [1.29, 1.82) is 0 Å². The number of fused-ring (bicyclic) bond motifs is 1. The largest absolute Gasteiger partial charge is 0.462 e. The second-order valence-corrected chi connectivity index (χ2v) is 8.96. The zero-order chi connectivity index (χ0) is 25.4. The van der Waals surface area contributed by atoms with E-state index in [1.54, 1.807) is 30.3 Å². The Bertz CT molecular complexity index is 1270. The zero-order valence-electron chi connectivity index (χ0n) is 18.1. The second-order valence-electron chi connectivity index (χ2n) is 7.21. The predicted molar refractivity (Wildman–Crippen MR) is 125 cm³/mol. The van der Waals surface area contributed by atoms with Crippen LogP contribution in [0, 0.1) is 0 Å². The standard InChI is InChI=1S/C17H14N2O6S.C4H11NO3/c1-26(22,23)19-13-8-15-12(17(21)14(9-24-15)18-10-20)7-16(13)25-11-5-3-2-4-6-11;5-4(1-6,2-7)3-8/h2-10,19H,1H3,(H,18,20);6-8H,1-3,5H2. The monoisotopic (exact) mass is 495 g/mol. The lowest BCUT2D eigenvalue weighted by atomic mass is 10.1. The summed E-state index contributed by atoms with van der Waals surface area (Å²) in [6.07, 6.45) is 2.44. The van der Waals surface area contributed by atoms with Gasteiger partial charge in [0.2, 0.25) is 21.9 Å². The van der Waals surface area contributed by atoms with Gasteiger partial charge in [-0.3, -0.25) is 14.3 Å². The number of nitrogens with one attached hydrogen (secondary N) is 2. The third-order valence-corrected chi connectivity index (χ3v) is 4.89. The van der Waals surface area contributed by atoms with Crippen LogP contribution >= 0.6 is 0 Å². The van der Waals surface area contributed by atoms with Crippen molar-refractivity contribution in [1.82, 2.24) is 0 Å². The topological polar surface area (TPSA) is 201 Å². The number of para-hydroxylation sites is 1. The van der Waals surface area contributed by atoms with Crippen LogP contribution in [-0.2, 0) is 14.8 Å². The molecule has 1 heterocycles. The molecule has 13 heteroatoms. The highest BCUT2D eigenvalue weighted by Gasteiger charge is 2.20. The molecule has 34 heavy (non-hydrogen) atoms. The van der Waals surface area contributed by atoms with Gasteiger partial charge in [-0.15, -0.1) is 0 Å². The van der Waals surface area contributed by atoms with E-state index in [9.17, 15) is 18.0 Å². The molecular weight excluding hydrogens is 470 g/mol. The number of anilines is 2. The lowest BCUT2D eigenvalue weighted by Crippen LogP contribution is -2.50. The molecule has 0 fully saturated rings. The Balaban J connectivity index is 0.000000440. The first-order chi connectivity index (χ1) is 16.1. The van der Waals surface area contributed by atoms with E-state index in [2.05, 4.69) is 10.0 Å². The van der Waals surface area contributed by atoms with Crippen LogP contribution in [0.3, 0.4) is 0 Å². The molecule has 0 aliphatic heterocycles. The van der Waals surface area contributed by atoms with E-state index in [1.165, 1.54) is 12.1 Å². The van der Waals surface area contributed by atoms with Gasteiger partial charge in [-0.1, -0.05) is 18.2 Å². The molecule has 1 aromatic heterocycles. The fraction of sp³-hybridized carbons (Fsp3) is 0.238. The summed E-state index contributed by atoms with van der Waals surface area (Å²) in [5, 5.41) is 27.4. The number of aliphatic hydroxyl groups excluding tert-OH is 3. The number of benzene rings is 2. The number of ether oxygens (including phenoxy) is 1. The van der Waals surface area contributed by atoms with Crippen LogP contribution in [0.4, 0.5) is 11.4 Å². The summed E-state index contributed by atoms with van der Waals surface area (Å²) in [5.41, 5.74) is 3.66. The molecule has 0 saturated carbocycles. The van der Waals surface area contributed by atoms with Gasteiger partial charge in [0, 0.05) is 6.07 Å². The van der Waals surface area contributed by atoms with Crippen LogP contribution < -0.4 is 25.9 Å². The summed E-state index contributed by atoms with van der Waals surface area (Å²) in [6.45, 7) is -1.21. The van der Waals surface area contributed by atoms with Gasteiger partial charge in [-0.25, -0.2) is 8.42 Å². The summed E-state index contributed by atoms with van der Waals surface area (Å²) in [4.78, 5) is 23.0. The van der Waals surface area contributed by atoms with Crippen molar-refractivity contribution < 1.29 is 37.7 Å². The normalized spacial score (nSPS) is 11.3. The number of aliphatic hydroxyl groups is 3. The zero-order valence-corrected chi connectivity index (χ0v) is 18.9. The second kappa shape index (κ2) is 11.6. The first-order valence-corrected chi connectivity index (χ1v) is 11.6. The number of sulfonamides is 1. The van der Waals surface area contributed by atoms with Crippen LogP contribution in [0.5, 0.6) is 11.5 Å². The summed E-state index contributed by atoms with van der Waals surface area (Å²) in [5.74, 6) is 0.569. The van der Waals surface area contributed by atoms with Gasteiger partial charge in [0.15, 0.2) is 5.75 Å². The number of carbonyl (C=O) groups is 1. The Morgan fingerprint density at radius 1 is 1.09 bits per heavy atom. The third-order valence-electron chi connectivity index (χ3n) is 4.30. The van der Waals surface area contributed by atoms with Gasteiger partial charge in [0.25, 0.3) is 0 Å². The average Bonchev–Trinajstić information content (AvgIpc) is 2.81. The van der Waals surface area contributed by atoms with E-state index >= 15 is 0 Å². The number of carbonyl (C=O) groups excluding carboxylic acids is 1. The molecule has 3 rings (SSSR count). The molecule has 184 valence electrons. The van der Waals surface area contributed by atoms with Gasteiger partial charge < -0.3 is 35.5 Å². The fourth-order valence-electron chi connectivity index (χ4n) is 2.45. The first-order valence-electron chi connectivity index (χ1n) is 9.67. The fourth-order valence-corrected chi connectivity index (χ4v) is 3.01. The lowest BCUT2D eigenvalue weighted by Gasteiger charge is -2.20. The minimum atomic E-state index is -3.60. The average molecular weight is 496 g/mol. The predicted octanol–water partition coefficient (Wildman–Crippen LogP) is 0.186. The molecule has 0 radical (unpaired) electrons. The van der Waals surface area contributed by atoms with Crippen LogP contribution in [0.25, 0.3) is 11.0 Å². The Morgan fingerprint density at radius 3 is 2.21 bits per heavy atom. The summed E-state index contributed by atoms with van der Waals surface area (Å²) in [6, 6.07) is 11.4. The van der Waals surface area contributed by atoms with Crippen molar-refractivity contribution in [3.8, 4) is 11.5 Å². The van der Waals surface area contributed by atoms with Crippen molar-refractivity contribution in [2.75, 3.05) is 36.1 Å². The number of nitrogens with two attached hydrogens (primary N) is 1. The Kier molecular flexibility index (Phi) is 9.11. The van der Waals surface area contributed by atoms with E-state index in [0.29, 0.717) is 12.2 Å². The molecule has 0 atom stereocenters. The molecule has 0 aliphatic carbocycles. The van der Waals surface area contributed by atoms with Crippen LogP contribution in [0.15, 0.2) is 57.9 Å². The molecule has 12 nitrogen and oxygen atoms in total. The van der Waals surface area contributed by atoms with Crippen molar-refractivity contribution in [3.63, 3.8) is 0 Å². The van der Waals surface area contributed by atoms with Crippen molar-refractivity contribution in [2.24, 2.45) is 5.73 Å². The number of amides is 1. The molecule has 0 spiro atoms. The van der Waals surface area contributed by atoms with Gasteiger partial charge in [-0.05, 0) is 18.2 Å². The van der Waals surface area contributed by atoms with Gasteiger partial charge in [0.1, 0.15) is 23.3 Å². The van der Waals surface area contributed by atoms with E-state index in [4.69, 9.17) is 30.2 Å². The quantitative estimate of drug-likeness (QED) is 0.222. The van der Waals surface area contributed by atoms with Gasteiger partial charge in [0.05, 0.1) is 42.7 Å². The SMILES string of the molecule is CS(=O)(=O)Nc1cc2occ(NC=O)c(=O)c2cc1Oc1ccccc1.NC(CO)(CO)CO. The molecule has 0 bridgehead atoms. The smallest absolute Gasteiger partial charge is 0.229 e. The molecule has 0 saturated heterocycles. The Labute approximate surface area is 194 Å². The minimum Gasteiger partial charge on any atom is -0.462 e.